The van der Waals surface area contributed by atoms with E-state index in [9.17, 15) is 0 Å². The normalized spacial score (nSPS) is 26.1. The fourth-order valence-corrected chi connectivity index (χ4v) is 4.13. The number of nitrogens with zero attached hydrogens (tertiary/aromatic N) is 5. The Hall–Kier alpha value is -2.51. The van der Waals surface area contributed by atoms with Crippen molar-refractivity contribution in [3.63, 3.8) is 0 Å². The number of ether oxygens (including phenoxy) is 1. The molecular weight excluding hydrogens is 328 g/mol. The van der Waals surface area contributed by atoms with Gasteiger partial charge in [-0.25, -0.2) is 0 Å². The van der Waals surface area contributed by atoms with Crippen LogP contribution < -0.4 is 5.32 Å². The van der Waals surface area contributed by atoms with Crippen LogP contribution in [0.2, 0.25) is 0 Å². The maximum absolute atomic E-state index is 6.15. The summed E-state index contributed by atoms with van der Waals surface area (Å²) in [5.41, 5.74) is 3.99. The SMILES string of the molecule is Cc1cc(N[C@H]2C[C@H]3CO[C@@H](c4ccccc4)CN3C2)c2nncn2n1. The van der Waals surface area contributed by atoms with Crippen LogP contribution in [0.4, 0.5) is 5.69 Å². The Bertz CT molecular complexity index is 911. The summed E-state index contributed by atoms with van der Waals surface area (Å²) in [5, 5.41) is 16.2. The molecular formula is C19H22N6O. The van der Waals surface area contributed by atoms with Crippen molar-refractivity contribution in [3.8, 4) is 0 Å². The Labute approximate surface area is 152 Å². The third kappa shape index (κ3) is 2.83. The van der Waals surface area contributed by atoms with Crippen molar-refractivity contribution in [1.82, 2.24) is 24.7 Å². The van der Waals surface area contributed by atoms with E-state index in [1.807, 2.05) is 19.1 Å². The van der Waals surface area contributed by atoms with Gasteiger partial charge in [0.05, 0.1) is 24.1 Å². The smallest absolute Gasteiger partial charge is 0.200 e. The second-order valence-electron chi connectivity index (χ2n) is 7.22. The quantitative estimate of drug-likeness (QED) is 0.780. The Morgan fingerprint density at radius 1 is 1.19 bits per heavy atom. The van der Waals surface area contributed by atoms with Crippen molar-refractivity contribution in [2.24, 2.45) is 0 Å². The molecule has 2 saturated heterocycles. The number of benzene rings is 1. The molecule has 2 fully saturated rings. The number of aryl methyl sites for hydroxylation is 1. The van der Waals surface area contributed by atoms with Gasteiger partial charge in [-0.05, 0) is 25.0 Å². The van der Waals surface area contributed by atoms with Gasteiger partial charge in [0.15, 0.2) is 0 Å². The molecule has 7 heteroatoms. The number of fused-ring (bicyclic) bond motifs is 2. The molecule has 7 nitrogen and oxygen atoms in total. The summed E-state index contributed by atoms with van der Waals surface area (Å²) in [7, 11) is 0. The third-order valence-electron chi connectivity index (χ3n) is 5.34. The van der Waals surface area contributed by atoms with E-state index in [1.54, 1.807) is 10.8 Å². The largest absolute Gasteiger partial charge is 0.378 e. The van der Waals surface area contributed by atoms with Crippen LogP contribution in [-0.2, 0) is 4.74 Å². The summed E-state index contributed by atoms with van der Waals surface area (Å²) >= 11 is 0. The predicted molar refractivity (Wildman–Crippen MR) is 98.0 cm³/mol. The van der Waals surface area contributed by atoms with Gasteiger partial charge >= 0.3 is 0 Å². The molecule has 2 aliphatic heterocycles. The van der Waals surface area contributed by atoms with E-state index in [-0.39, 0.29) is 6.10 Å². The number of anilines is 1. The second-order valence-corrected chi connectivity index (χ2v) is 7.22. The summed E-state index contributed by atoms with van der Waals surface area (Å²) < 4.78 is 7.88. The van der Waals surface area contributed by atoms with E-state index in [0.717, 1.165) is 43.1 Å². The lowest BCUT2D eigenvalue weighted by Gasteiger charge is -2.35. The topological polar surface area (TPSA) is 67.6 Å². The molecule has 2 aliphatic rings. The van der Waals surface area contributed by atoms with Gasteiger partial charge < -0.3 is 10.1 Å². The van der Waals surface area contributed by atoms with E-state index >= 15 is 0 Å². The summed E-state index contributed by atoms with van der Waals surface area (Å²) in [6.45, 7) is 4.73. The summed E-state index contributed by atoms with van der Waals surface area (Å²) in [5.74, 6) is 0. The number of nitrogens with one attached hydrogen (secondary N) is 1. The molecule has 1 N–H and O–H groups in total. The maximum atomic E-state index is 6.15. The lowest BCUT2D eigenvalue weighted by Crippen LogP contribution is -2.42. The first-order chi connectivity index (χ1) is 12.8. The Balaban J connectivity index is 1.31. The van der Waals surface area contributed by atoms with Crippen LogP contribution in [-0.4, -0.2) is 56.5 Å². The Morgan fingerprint density at radius 3 is 2.96 bits per heavy atom. The molecule has 26 heavy (non-hydrogen) atoms. The van der Waals surface area contributed by atoms with Crippen LogP contribution in [0.1, 0.15) is 23.8 Å². The van der Waals surface area contributed by atoms with E-state index < -0.39 is 0 Å². The van der Waals surface area contributed by atoms with Gasteiger partial charge in [0, 0.05) is 25.2 Å². The first-order valence-electron chi connectivity index (χ1n) is 9.11. The van der Waals surface area contributed by atoms with E-state index in [0.29, 0.717) is 12.1 Å². The van der Waals surface area contributed by atoms with Crippen molar-refractivity contribution in [3.05, 3.63) is 54.0 Å². The van der Waals surface area contributed by atoms with E-state index in [4.69, 9.17) is 4.74 Å². The van der Waals surface area contributed by atoms with Crippen LogP contribution in [0.3, 0.4) is 0 Å². The highest BCUT2D eigenvalue weighted by Gasteiger charge is 2.37. The number of hydrogen-bond donors (Lipinski definition) is 1. The fourth-order valence-electron chi connectivity index (χ4n) is 4.13. The van der Waals surface area contributed by atoms with Crippen LogP contribution in [0, 0.1) is 6.92 Å². The summed E-state index contributed by atoms with van der Waals surface area (Å²) in [6.07, 6.45) is 2.88. The van der Waals surface area contributed by atoms with Crippen molar-refractivity contribution in [1.29, 1.82) is 0 Å². The van der Waals surface area contributed by atoms with Gasteiger partial charge in [-0.3, -0.25) is 4.90 Å². The molecule has 0 saturated carbocycles. The Kier molecular flexibility index (Phi) is 3.83. The number of aromatic nitrogens is 4. The van der Waals surface area contributed by atoms with Crippen LogP contribution in [0.5, 0.6) is 0 Å². The number of rotatable bonds is 3. The Morgan fingerprint density at radius 2 is 2.08 bits per heavy atom. The molecule has 0 bridgehead atoms. The second kappa shape index (κ2) is 6.34. The highest BCUT2D eigenvalue weighted by molar-refractivity contribution is 5.67. The van der Waals surface area contributed by atoms with Crippen molar-refractivity contribution in [2.75, 3.05) is 25.0 Å². The van der Waals surface area contributed by atoms with Crippen LogP contribution >= 0.6 is 0 Å². The standard InChI is InChI=1S/C19H22N6O/c1-13-7-17(19-22-20-12-25(19)23-13)21-15-8-16-11-26-18(10-24(16)9-15)14-5-3-2-4-6-14/h2-7,12,15-16,18,21H,8-11H2,1H3/t15-,16-,18+/m0/s1. The zero-order valence-electron chi connectivity index (χ0n) is 14.7. The minimum absolute atomic E-state index is 0.164. The minimum atomic E-state index is 0.164. The predicted octanol–water partition coefficient (Wildman–Crippen LogP) is 2.06. The van der Waals surface area contributed by atoms with Crippen molar-refractivity contribution in [2.45, 2.75) is 31.5 Å². The highest BCUT2D eigenvalue weighted by atomic mass is 16.5. The molecule has 3 atom stereocenters. The lowest BCUT2D eigenvalue weighted by atomic mass is 10.1. The number of hydrogen-bond acceptors (Lipinski definition) is 6. The maximum Gasteiger partial charge on any atom is 0.200 e. The van der Waals surface area contributed by atoms with Crippen LogP contribution in [0.15, 0.2) is 42.7 Å². The summed E-state index contributed by atoms with van der Waals surface area (Å²) in [4.78, 5) is 2.55. The first-order valence-corrected chi connectivity index (χ1v) is 9.11. The van der Waals surface area contributed by atoms with Gasteiger partial charge in [-0.15, -0.1) is 10.2 Å². The van der Waals surface area contributed by atoms with Gasteiger partial charge in [0.1, 0.15) is 6.33 Å². The zero-order valence-corrected chi connectivity index (χ0v) is 14.7. The molecule has 134 valence electrons. The zero-order chi connectivity index (χ0) is 17.5. The van der Waals surface area contributed by atoms with Crippen LogP contribution in [0.25, 0.3) is 5.65 Å². The fraction of sp³-hybridized carbons (Fsp3) is 0.421. The minimum Gasteiger partial charge on any atom is -0.378 e. The third-order valence-corrected chi connectivity index (χ3v) is 5.34. The van der Waals surface area contributed by atoms with Gasteiger partial charge in [-0.2, -0.15) is 9.61 Å². The number of morpholine rings is 1. The molecule has 0 radical (unpaired) electrons. The van der Waals surface area contributed by atoms with Gasteiger partial charge in [-0.1, -0.05) is 30.3 Å². The molecule has 1 aromatic carbocycles. The average Bonchev–Trinajstić information content (AvgIpc) is 3.27. The van der Waals surface area contributed by atoms with Crippen molar-refractivity contribution < 1.29 is 4.74 Å². The molecule has 0 unspecified atom stereocenters. The molecule has 0 amide bonds. The van der Waals surface area contributed by atoms with Gasteiger partial charge in [0.25, 0.3) is 0 Å². The highest BCUT2D eigenvalue weighted by Crippen LogP contribution is 2.31. The lowest BCUT2D eigenvalue weighted by molar-refractivity contribution is -0.0501. The summed E-state index contributed by atoms with van der Waals surface area (Å²) in [6, 6.07) is 13.4. The first kappa shape index (κ1) is 15.7. The molecule has 3 aromatic rings. The molecule has 4 heterocycles. The molecule has 5 rings (SSSR count). The molecule has 0 spiro atoms. The van der Waals surface area contributed by atoms with Crippen molar-refractivity contribution >= 4 is 11.3 Å². The molecule has 2 aromatic heterocycles. The molecule has 0 aliphatic carbocycles. The van der Waals surface area contributed by atoms with E-state index in [1.165, 1.54) is 5.56 Å². The monoisotopic (exact) mass is 350 g/mol. The van der Waals surface area contributed by atoms with E-state index in [2.05, 4.69) is 49.8 Å². The average molecular weight is 350 g/mol. The van der Waals surface area contributed by atoms with Gasteiger partial charge in [0.2, 0.25) is 5.65 Å².